The number of pyridine rings is 1. The minimum Gasteiger partial charge on any atom is -0.455 e. The van der Waals surface area contributed by atoms with E-state index in [1.54, 1.807) is 12.1 Å². The van der Waals surface area contributed by atoms with E-state index in [1.807, 2.05) is 0 Å². The van der Waals surface area contributed by atoms with Gasteiger partial charge in [0, 0.05) is 19.3 Å². The van der Waals surface area contributed by atoms with Crippen molar-refractivity contribution in [1.82, 2.24) is 10.3 Å². The predicted octanol–water partition coefficient (Wildman–Crippen LogP) is 1.95. The second-order valence-electron chi connectivity index (χ2n) is 3.71. The Morgan fingerprint density at radius 2 is 2.21 bits per heavy atom. The van der Waals surface area contributed by atoms with Crippen LogP contribution in [-0.4, -0.2) is 17.9 Å². The molecule has 19 heavy (non-hydrogen) atoms. The van der Waals surface area contributed by atoms with Crippen LogP contribution in [-0.2, 0) is 0 Å². The molecule has 0 aliphatic heterocycles. The zero-order valence-corrected chi connectivity index (χ0v) is 10.2. The maximum atomic E-state index is 13.3. The predicted molar refractivity (Wildman–Crippen MR) is 68.5 cm³/mol. The number of aromatic nitrogens is 1. The first kappa shape index (κ1) is 12.8. The maximum Gasteiger partial charge on any atom is 0.273 e. The van der Waals surface area contributed by atoms with Gasteiger partial charge in [-0.1, -0.05) is 0 Å². The lowest BCUT2D eigenvalue weighted by Crippen LogP contribution is -2.19. The molecular weight excluding hydrogens is 249 g/mol. The number of halogens is 1. The normalized spacial score (nSPS) is 10.0. The Hall–Kier alpha value is -2.63. The van der Waals surface area contributed by atoms with E-state index >= 15 is 0 Å². The molecule has 0 saturated heterocycles. The first-order chi connectivity index (χ1) is 9.11. The molecular formula is C13H12FN3O2. The third kappa shape index (κ3) is 2.79. The van der Waals surface area contributed by atoms with Crippen LogP contribution in [0, 0.1) is 5.82 Å². The number of nitrogens with zero attached hydrogens (tertiary/aromatic N) is 1. The Balaban J connectivity index is 2.32. The van der Waals surface area contributed by atoms with Crippen LogP contribution in [0.3, 0.4) is 0 Å². The van der Waals surface area contributed by atoms with Crippen LogP contribution >= 0.6 is 0 Å². The fourth-order valence-corrected chi connectivity index (χ4v) is 1.46. The van der Waals surface area contributed by atoms with Gasteiger partial charge in [-0.2, -0.15) is 0 Å². The SMILES string of the molecule is CNC(=O)c1ncccc1Oc1ccc(N)c(F)c1. The van der Waals surface area contributed by atoms with Crippen molar-refractivity contribution in [2.75, 3.05) is 12.8 Å². The summed E-state index contributed by atoms with van der Waals surface area (Å²) < 4.78 is 18.8. The van der Waals surface area contributed by atoms with Gasteiger partial charge in [0.05, 0.1) is 5.69 Å². The first-order valence-electron chi connectivity index (χ1n) is 5.52. The molecule has 2 aromatic rings. The fourth-order valence-electron chi connectivity index (χ4n) is 1.46. The van der Waals surface area contributed by atoms with Crippen LogP contribution in [0.15, 0.2) is 36.5 Å². The van der Waals surface area contributed by atoms with Crippen molar-refractivity contribution >= 4 is 11.6 Å². The van der Waals surface area contributed by atoms with E-state index in [-0.39, 0.29) is 28.8 Å². The number of carbonyl (C=O) groups excluding carboxylic acids is 1. The highest BCUT2D eigenvalue weighted by atomic mass is 19.1. The molecule has 2 rings (SSSR count). The molecule has 0 unspecified atom stereocenters. The van der Waals surface area contributed by atoms with Crippen LogP contribution in [0.2, 0.25) is 0 Å². The average Bonchev–Trinajstić information content (AvgIpc) is 2.43. The molecule has 5 nitrogen and oxygen atoms in total. The molecule has 1 amide bonds. The van der Waals surface area contributed by atoms with Crippen molar-refractivity contribution in [2.45, 2.75) is 0 Å². The average molecular weight is 261 g/mol. The van der Waals surface area contributed by atoms with Gasteiger partial charge in [0.2, 0.25) is 0 Å². The minimum absolute atomic E-state index is 0.0325. The molecule has 0 spiro atoms. The zero-order valence-electron chi connectivity index (χ0n) is 10.2. The Labute approximate surface area is 109 Å². The smallest absolute Gasteiger partial charge is 0.273 e. The van der Waals surface area contributed by atoms with Crippen LogP contribution in [0.4, 0.5) is 10.1 Å². The summed E-state index contributed by atoms with van der Waals surface area (Å²) in [5, 5.41) is 2.45. The largest absolute Gasteiger partial charge is 0.455 e. The van der Waals surface area contributed by atoms with Gasteiger partial charge in [-0.25, -0.2) is 9.37 Å². The fraction of sp³-hybridized carbons (Fsp3) is 0.0769. The number of nitrogens with one attached hydrogen (secondary N) is 1. The van der Waals surface area contributed by atoms with Crippen LogP contribution < -0.4 is 15.8 Å². The molecule has 0 fully saturated rings. The number of anilines is 1. The summed E-state index contributed by atoms with van der Waals surface area (Å²) >= 11 is 0. The van der Waals surface area contributed by atoms with Crippen molar-refractivity contribution in [3.05, 3.63) is 48.0 Å². The number of hydrogen-bond acceptors (Lipinski definition) is 4. The van der Waals surface area contributed by atoms with E-state index in [9.17, 15) is 9.18 Å². The van der Waals surface area contributed by atoms with E-state index in [0.29, 0.717) is 0 Å². The molecule has 0 aliphatic carbocycles. The van der Waals surface area contributed by atoms with Crippen molar-refractivity contribution < 1.29 is 13.9 Å². The van der Waals surface area contributed by atoms with Gasteiger partial charge in [-0.3, -0.25) is 4.79 Å². The zero-order chi connectivity index (χ0) is 13.8. The summed E-state index contributed by atoms with van der Waals surface area (Å²) in [6.07, 6.45) is 1.47. The highest BCUT2D eigenvalue weighted by molar-refractivity contribution is 5.94. The van der Waals surface area contributed by atoms with Gasteiger partial charge >= 0.3 is 0 Å². The molecule has 0 aliphatic rings. The monoisotopic (exact) mass is 261 g/mol. The molecule has 0 bridgehead atoms. The Morgan fingerprint density at radius 1 is 1.42 bits per heavy atom. The summed E-state index contributed by atoms with van der Waals surface area (Å²) in [6, 6.07) is 7.25. The second-order valence-corrected chi connectivity index (χ2v) is 3.71. The molecule has 98 valence electrons. The minimum atomic E-state index is -0.581. The lowest BCUT2D eigenvalue weighted by atomic mass is 10.3. The van der Waals surface area contributed by atoms with Crippen molar-refractivity contribution in [1.29, 1.82) is 0 Å². The van der Waals surface area contributed by atoms with Crippen LogP contribution in [0.1, 0.15) is 10.5 Å². The summed E-state index contributed by atoms with van der Waals surface area (Å²) in [6.45, 7) is 0. The molecule has 0 saturated carbocycles. The van der Waals surface area contributed by atoms with Gasteiger partial charge in [0.15, 0.2) is 11.4 Å². The highest BCUT2D eigenvalue weighted by Gasteiger charge is 2.13. The van der Waals surface area contributed by atoms with Gasteiger partial charge in [-0.05, 0) is 24.3 Å². The third-order valence-corrected chi connectivity index (χ3v) is 2.41. The molecule has 1 heterocycles. The van der Waals surface area contributed by atoms with E-state index in [2.05, 4.69) is 10.3 Å². The molecule has 1 aromatic carbocycles. The Morgan fingerprint density at radius 3 is 2.89 bits per heavy atom. The maximum absolute atomic E-state index is 13.3. The Kier molecular flexibility index (Phi) is 3.61. The lowest BCUT2D eigenvalue weighted by molar-refractivity contribution is 0.0955. The first-order valence-corrected chi connectivity index (χ1v) is 5.52. The quantitative estimate of drug-likeness (QED) is 0.828. The van der Waals surface area contributed by atoms with Gasteiger partial charge < -0.3 is 15.8 Å². The number of amides is 1. The highest BCUT2D eigenvalue weighted by Crippen LogP contribution is 2.26. The topological polar surface area (TPSA) is 77.2 Å². The number of benzene rings is 1. The van der Waals surface area contributed by atoms with E-state index in [0.717, 1.165) is 6.07 Å². The van der Waals surface area contributed by atoms with Crippen molar-refractivity contribution in [3.8, 4) is 11.5 Å². The second kappa shape index (κ2) is 5.34. The summed E-state index contributed by atoms with van der Waals surface area (Å²) in [7, 11) is 1.49. The van der Waals surface area contributed by atoms with Crippen LogP contribution in [0.25, 0.3) is 0 Å². The van der Waals surface area contributed by atoms with Gasteiger partial charge in [-0.15, -0.1) is 0 Å². The number of hydrogen-bond donors (Lipinski definition) is 2. The number of nitrogens with two attached hydrogens (primary N) is 1. The number of nitrogen functional groups attached to an aromatic ring is 1. The molecule has 6 heteroatoms. The van der Waals surface area contributed by atoms with Gasteiger partial charge in [0.1, 0.15) is 11.6 Å². The molecule has 0 radical (unpaired) electrons. The van der Waals surface area contributed by atoms with Gasteiger partial charge in [0.25, 0.3) is 5.91 Å². The molecule has 0 atom stereocenters. The number of carbonyl (C=O) groups is 1. The van der Waals surface area contributed by atoms with E-state index < -0.39 is 5.82 Å². The van der Waals surface area contributed by atoms with E-state index in [4.69, 9.17) is 10.5 Å². The Bertz CT molecular complexity index is 617. The van der Waals surface area contributed by atoms with Crippen molar-refractivity contribution in [3.63, 3.8) is 0 Å². The summed E-state index contributed by atoms with van der Waals surface area (Å²) in [5.74, 6) is -0.481. The number of rotatable bonds is 3. The summed E-state index contributed by atoms with van der Waals surface area (Å²) in [5.41, 5.74) is 5.53. The van der Waals surface area contributed by atoms with E-state index in [1.165, 1.54) is 25.4 Å². The lowest BCUT2D eigenvalue weighted by Gasteiger charge is -2.09. The summed E-state index contributed by atoms with van der Waals surface area (Å²) in [4.78, 5) is 15.5. The van der Waals surface area contributed by atoms with Crippen LogP contribution in [0.5, 0.6) is 11.5 Å². The molecule has 1 aromatic heterocycles. The third-order valence-electron chi connectivity index (χ3n) is 2.41. The molecule has 3 N–H and O–H groups in total. The standard InChI is InChI=1S/C13H12FN3O2/c1-16-13(18)12-11(3-2-6-17-12)19-8-4-5-10(15)9(14)7-8/h2-7H,15H2,1H3,(H,16,18). The number of ether oxygens (including phenoxy) is 1. The van der Waals surface area contributed by atoms with Crippen molar-refractivity contribution in [2.24, 2.45) is 0 Å².